The molecule has 1 fully saturated rings. The van der Waals surface area contributed by atoms with E-state index in [-0.39, 0.29) is 36.4 Å². The lowest BCUT2D eigenvalue weighted by Gasteiger charge is -2.23. The first kappa shape index (κ1) is 17.4. The number of carbonyl (C=O) groups excluding carboxylic acids is 2. The van der Waals surface area contributed by atoms with Crippen LogP contribution < -0.4 is 0 Å². The Morgan fingerprint density at radius 3 is 2.67 bits per heavy atom. The number of carbonyl (C=O) groups is 2. The van der Waals surface area contributed by atoms with Crippen LogP contribution >= 0.6 is 0 Å². The minimum Gasteiger partial charge on any atom is -0.340 e. The van der Waals surface area contributed by atoms with Crippen molar-refractivity contribution in [3.05, 3.63) is 65.7 Å². The summed E-state index contributed by atoms with van der Waals surface area (Å²) in [6, 6.07) is 13.1. The zero-order valence-electron chi connectivity index (χ0n) is 14.8. The number of rotatable bonds is 5. The quantitative estimate of drug-likeness (QED) is 0.694. The van der Waals surface area contributed by atoms with Crippen molar-refractivity contribution in [3.8, 4) is 0 Å². The Kier molecular flexibility index (Phi) is 4.71. The van der Waals surface area contributed by atoms with Gasteiger partial charge in [-0.05, 0) is 49.2 Å². The fraction of sp³-hybridized carbons (Fsp3) is 0.286. The van der Waals surface area contributed by atoms with Gasteiger partial charge in [-0.2, -0.15) is 0 Å². The van der Waals surface area contributed by atoms with Crippen LogP contribution in [0.2, 0.25) is 0 Å². The number of aromatic amines is 1. The molecule has 6 heteroatoms. The molecule has 27 heavy (non-hydrogen) atoms. The molecule has 1 aromatic heterocycles. The van der Waals surface area contributed by atoms with Crippen molar-refractivity contribution in [2.24, 2.45) is 0 Å². The van der Waals surface area contributed by atoms with Gasteiger partial charge in [0.2, 0.25) is 5.91 Å². The lowest BCUT2D eigenvalue weighted by molar-refractivity contribution is -0.132. The molecule has 1 aliphatic rings. The van der Waals surface area contributed by atoms with E-state index in [1.807, 2.05) is 29.2 Å². The van der Waals surface area contributed by atoms with Crippen molar-refractivity contribution in [3.63, 3.8) is 0 Å². The van der Waals surface area contributed by atoms with E-state index in [1.54, 1.807) is 0 Å². The van der Waals surface area contributed by atoms with Crippen LogP contribution in [0.3, 0.4) is 0 Å². The van der Waals surface area contributed by atoms with Gasteiger partial charge in [0, 0.05) is 24.9 Å². The van der Waals surface area contributed by atoms with Crippen molar-refractivity contribution in [2.45, 2.75) is 31.7 Å². The Morgan fingerprint density at radius 1 is 1.11 bits per heavy atom. The van der Waals surface area contributed by atoms with Gasteiger partial charge < -0.3 is 9.88 Å². The molecule has 1 amide bonds. The summed E-state index contributed by atoms with van der Waals surface area (Å²) < 4.78 is 13.0. The summed E-state index contributed by atoms with van der Waals surface area (Å²) in [5.41, 5.74) is 2.27. The number of halogens is 1. The predicted octanol–water partition coefficient (Wildman–Crippen LogP) is 4.03. The van der Waals surface area contributed by atoms with Gasteiger partial charge in [0.05, 0.1) is 17.1 Å². The maximum absolute atomic E-state index is 13.0. The highest BCUT2D eigenvalue weighted by molar-refractivity contribution is 5.98. The van der Waals surface area contributed by atoms with Crippen LogP contribution in [0, 0.1) is 5.82 Å². The first-order chi connectivity index (χ1) is 13.1. The molecule has 2 heterocycles. The zero-order chi connectivity index (χ0) is 18.8. The lowest BCUT2D eigenvalue weighted by atomic mass is 10.1. The highest BCUT2D eigenvalue weighted by Crippen LogP contribution is 2.32. The summed E-state index contributed by atoms with van der Waals surface area (Å²) in [5.74, 6) is 0.219. The van der Waals surface area contributed by atoms with Gasteiger partial charge in [-0.1, -0.05) is 12.1 Å². The number of hydrogen-bond acceptors (Lipinski definition) is 3. The van der Waals surface area contributed by atoms with Crippen molar-refractivity contribution in [1.29, 1.82) is 0 Å². The van der Waals surface area contributed by atoms with Crippen molar-refractivity contribution >= 4 is 22.7 Å². The Hall–Kier alpha value is -3.02. The maximum Gasteiger partial charge on any atom is 0.223 e. The fourth-order valence-electron chi connectivity index (χ4n) is 3.62. The Balaban J connectivity index is 1.43. The van der Waals surface area contributed by atoms with E-state index in [0.29, 0.717) is 12.1 Å². The number of fused-ring (bicyclic) bond motifs is 1. The van der Waals surface area contributed by atoms with E-state index >= 15 is 0 Å². The van der Waals surface area contributed by atoms with Crippen molar-refractivity contribution < 1.29 is 14.0 Å². The third kappa shape index (κ3) is 3.60. The molecule has 4 rings (SSSR count). The van der Waals surface area contributed by atoms with Gasteiger partial charge in [-0.25, -0.2) is 9.37 Å². The first-order valence-corrected chi connectivity index (χ1v) is 9.15. The number of H-pyrrole nitrogens is 1. The second-order valence-electron chi connectivity index (χ2n) is 6.81. The normalized spacial score (nSPS) is 16.8. The Bertz CT molecular complexity index is 948. The van der Waals surface area contributed by atoms with Gasteiger partial charge in [-0.3, -0.25) is 9.59 Å². The largest absolute Gasteiger partial charge is 0.340 e. The summed E-state index contributed by atoms with van der Waals surface area (Å²) >= 11 is 0. The summed E-state index contributed by atoms with van der Waals surface area (Å²) in [7, 11) is 0. The van der Waals surface area contributed by atoms with E-state index < -0.39 is 0 Å². The van der Waals surface area contributed by atoms with E-state index in [9.17, 15) is 14.0 Å². The molecule has 3 aromatic rings. The zero-order valence-corrected chi connectivity index (χ0v) is 14.8. The van der Waals surface area contributed by atoms with Gasteiger partial charge >= 0.3 is 0 Å². The van der Waals surface area contributed by atoms with Gasteiger partial charge in [0.15, 0.2) is 5.78 Å². The number of likely N-dealkylation sites (tertiary alicyclic amines) is 1. The van der Waals surface area contributed by atoms with Gasteiger partial charge in [0.25, 0.3) is 0 Å². The predicted molar refractivity (Wildman–Crippen MR) is 99.7 cm³/mol. The second kappa shape index (κ2) is 7.31. The number of amides is 1. The highest BCUT2D eigenvalue weighted by Gasteiger charge is 2.32. The van der Waals surface area contributed by atoms with Crippen LogP contribution in [0.1, 0.15) is 47.9 Å². The molecule has 0 saturated carbocycles. The number of benzene rings is 2. The molecule has 1 aliphatic heterocycles. The molecule has 2 aromatic carbocycles. The number of nitrogens with zero attached hydrogens (tertiary/aromatic N) is 2. The van der Waals surface area contributed by atoms with Gasteiger partial charge in [-0.15, -0.1) is 0 Å². The molecular formula is C21H20FN3O2. The lowest BCUT2D eigenvalue weighted by Crippen LogP contribution is -2.31. The van der Waals surface area contributed by atoms with Crippen LogP contribution in [0.25, 0.3) is 11.0 Å². The molecule has 1 saturated heterocycles. The molecule has 0 bridgehead atoms. The van der Waals surface area contributed by atoms with E-state index in [1.165, 1.54) is 24.3 Å². The third-order valence-electron chi connectivity index (χ3n) is 5.03. The molecule has 1 atom stereocenters. The monoisotopic (exact) mass is 365 g/mol. The van der Waals surface area contributed by atoms with Crippen LogP contribution in [0.4, 0.5) is 4.39 Å². The minimum absolute atomic E-state index is 0.0478. The topological polar surface area (TPSA) is 66.1 Å². The van der Waals surface area contributed by atoms with E-state index in [2.05, 4.69) is 9.97 Å². The van der Waals surface area contributed by atoms with Crippen LogP contribution in [-0.2, 0) is 4.79 Å². The number of hydrogen-bond donors (Lipinski definition) is 1. The first-order valence-electron chi connectivity index (χ1n) is 9.15. The molecule has 1 N–H and O–H groups in total. The number of nitrogens with one attached hydrogen (secondary N) is 1. The van der Waals surface area contributed by atoms with Crippen molar-refractivity contribution in [2.75, 3.05) is 6.54 Å². The molecule has 0 aliphatic carbocycles. The van der Waals surface area contributed by atoms with E-state index in [4.69, 9.17) is 0 Å². The smallest absolute Gasteiger partial charge is 0.223 e. The molecule has 138 valence electrons. The van der Waals surface area contributed by atoms with E-state index in [0.717, 1.165) is 29.7 Å². The standard InChI is InChI=1S/C21H20FN3O2/c22-15-9-7-14(8-10-15)19(26)11-12-20(27)25-13-3-6-18(25)21-23-16-4-1-2-5-17(16)24-21/h1-2,4-5,7-10,18H,3,6,11-13H2,(H,23,24)/t18-/m0/s1. The number of para-hydroxylation sites is 2. The SMILES string of the molecule is O=C(CCC(=O)N1CCC[C@H]1c1nc2ccccc2[nH]1)c1ccc(F)cc1. The highest BCUT2D eigenvalue weighted by atomic mass is 19.1. The minimum atomic E-state index is -0.381. The van der Waals surface area contributed by atoms with Crippen molar-refractivity contribution in [1.82, 2.24) is 14.9 Å². The molecule has 0 spiro atoms. The molecular weight excluding hydrogens is 345 g/mol. The number of ketones is 1. The number of aromatic nitrogens is 2. The number of Topliss-reactive ketones (excluding diaryl/α,β-unsaturated/α-hetero) is 1. The summed E-state index contributed by atoms with van der Waals surface area (Å²) in [4.78, 5) is 34.7. The fourth-order valence-corrected chi connectivity index (χ4v) is 3.62. The van der Waals surface area contributed by atoms with Crippen LogP contribution in [0.15, 0.2) is 48.5 Å². The Morgan fingerprint density at radius 2 is 1.89 bits per heavy atom. The summed E-state index contributed by atoms with van der Waals surface area (Å²) in [5, 5.41) is 0. The van der Waals surface area contributed by atoms with Crippen LogP contribution in [-0.4, -0.2) is 33.1 Å². The second-order valence-corrected chi connectivity index (χ2v) is 6.81. The summed E-state index contributed by atoms with van der Waals surface area (Å²) in [6.45, 7) is 0.672. The van der Waals surface area contributed by atoms with Crippen LogP contribution in [0.5, 0.6) is 0 Å². The maximum atomic E-state index is 13.0. The Labute approximate surface area is 156 Å². The third-order valence-corrected chi connectivity index (χ3v) is 5.03. The van der Waals surface area contributed by atoms with Gasteiger partial charge in [0.1, 0.15) is 11.6 Å². The average Bonchev–Trinajstić information content (AvgIpc) is 3.32. The summed E-state index contributed by atoms with van der Waals surface area (Å²) in [6.07, 6.45) is 2.04. The molecule has 0 unspecified atom stereocenters. The average molecular weight is 365 g/mol. The number of imidazole rings is 1. The molecule has 0 radical (unpaired) electrons. The molecule has 5 nitrogen and oxygen atoms in total.